The molecule has 3 rings (SSSR count). The molecule has 0 atom stereocenters. The van der Waals surface area contributed by atoms with Gasteiger partial charge in [-0.2, -0.15) is 0 Å². The van der Waals surface area contributed by atoms with Crippen LogP contribution in [0.3, 0.4) is 0 Å². The first-order valence-electron chi connectivity index (χ1n) is 10.6. The highest BCUT2D eigenvalue weighted by atomic mass is 32.2. The van der Waals surface area contributed by atoms with Gasteiger partial charge < -0.3 is 19.1 Å². The largest absolute Gasteiger partial charge is 0.497 e. The van der Waals surface area contributed by atoms with Gasteiger partial charge >= 0.3 is 5.97 Å². The van der Waals surface area contributed by atoms with Gasteiger partial charge in [-0.25, -0.2) is 13.2 Å². The van der Waals surface area contributed by atoms with Crippen molar-refractivity contribution in [3.63, 3.8) is 0 Å². The molecule has 0 bridgehead atoms. The molecule has 1 fully saturated rings. The molecule has 0 unspecified atom stereocenters. The van der Waals surface area contributed by atoms with Gasteiger partial charge in [-0.15, -0.1) is 0 Å². The van der Waals surface area contributed by atoms with Gasteiger partial charge in [0.15, 0.2) is 9.84 Å². The third kappa shape index (κ3) is 7.60. The van der Waals surface area contributed by atoms with Crippen LogP contribution in [0.25, 0.3) is 6.08 Å². The van der Waals surface area contributed by atoms with Crippen molar-refractivity contribution in [2.75, 3.05) is 49.8 Å². The van der Waals surface area contributed by atoms with Crippen molar-refractivity contribution in [1.29, 1.82) is 0 Å². The molecule has 0 spiro atoms. The minimum atomic E-state index is -2.88. The van der Waals surface area contributed by atoms with Gasteiger partial charge in [-0.1, -0.05) is 12.1 Å². The van der Waals surface area contributed by atoms with Gasteiger partial charge in [0.05, 0.1) is 31.8 Å². The number of benzene rings is 2. The van der Waals surface area contributed by atoms with Crippen LogP contribution in [0, 0.1) is 0 Å². The molecule has 0 radical (unpaired) electrons. The summed E-state index contributed by atoms with van der Waals surface area (Å²) in [6.45, 7) is 1.92. The van der Waals surface area contributed by atoms with Crippen molar-refractivity contribution in [3.05, 3.63) is 60.2 Å². The molecule has 1 heterocycles. The molecule has 0 aromatic heterocycles. The Balaban J connectivity index is 1.29. The van der Waals surface area contributed by atoms with Crippen LogP contribution in [-0.2, 0) is 19.4 Å². The zero-order valence-electron chi connectivity index (χ0n) is 18.2. The summed E-state index contributed by atoms with van der Waals surface area (Å²) >= 11 is 0. The molecule has 172 valence electrons. The molecule has 2 aromatic rings. The highest BCUT2D eigenvalue weighted by molar-refractivity contribution is 7.91. The van der Waals surface area contributed by atoms with Crippen LogP contribution in [0.15, 0.2) is 54.6 Å². The SMILES string of the molecule is COc1ccc(C=CC(=O)OCCCCOc2ccc(N3CCS(=O)(=O)CC3)cc2)cc1. The number of anilines is 1. The van der Waals surface area contributed by atoms with Crippen LogP contribution in [0.2, 0.25) is 0 Å². The van der Waals surface area contributed by atoms with Crippen LogP contribution in [-0.4, -0.2) is 59.3 Å². The lowest BCUT2D eigenvalue weighted by Crippen LogP contribution is -2.40. The summed E-state index contributed by atoms with van der Waals surface area (Å²) in [5.41, 5.74) is 1.90. The number of rotatable bonds is 10. The molecule has 32 heavy (non-hydrogen) atoms. The van der Waals surface area contributed by atoms with Gasteiger partial charge in [0.25, 0.3) is 0 Å². The first-order valence-corrected chi connectivity index (χ1v) is 12.4. The predicted octanol–water partition coefficient (Wildman–Crippen LogP) is 3.35. The Hall–Kier alpha value is -3.00. The van der Waals surface area contributed by atoms with E-state index in [4.69, 9.17) is 14.2 Å². The Labute approximate surface area is 189 Å². The zero-order valence-corrected chi connectivity index (χ0v) is 19.1. The highest BCUT2D eigenvalue weighted by Gasteiger charge is 2.21. The molecule has 1 saturated heterocycles. The van der Waals surface area contributed by atoms with Crippen LogP contribution in [0.4, 0.5) is 5.69 Å². The Kier molecular flexibility index (Phi) is 8.56. The number of carbonyl (C=O) groups is 1. The Bertz CT molecular complexity index is 986. The van der Waals surface area contributed by atoms with Crippen molar-refractivity contribution in [2.45, 2.75) is 12.8 Å². The van der Waals surface area contributed by atoms with Crippen LogP contribution in [0.1, 0.15) is 18.4 Å². The molecule has 0 saturated carbocycles. The topological polar surface area (TPSA) is 82.1 Å². The maximum Gasteiger partial charge on any atom is 0.330 e. The molecular weight excluding hydrogens is 430 g/mol. The molecular formula is C24H29NO6S. The second-order valence-corrected chi connectivity index (χ2v) is 9.77. The van der Waals surface area contributed by atoms with Crippen molar-refractivity contribution in [1.82, 2.24) is 0 Å². The van der Waals surface area contributed by atoms with E-state index in [1.54, 1.807) is 13.2 Å². The Morgan fingerprint density at radius 3 is 2.22 bits per heavy atom. The quantitative estimate of drug-likeness (QED) is 0.306. The van der Waals surface area contributed by atoms with E-state index < -0.39 is 9.84 Å². The van der Waals surface area contributed by atoms with E-state index in [-0.39, 0.29) is 17.5 Å². The molecule has 2 aromatic carbocycles. The van der Waals surface area contributed by atoms with Crippen molar-refractivity contribution in [2.24, 2.45) is 0 Å². The van der Waals surface area contributed by atoms with Crippen LogP contribution < -0.4 is 14.4 Å². The smallest absolute Gasteiger partial charge is 0.330 e. The van der Waals surface area contributed by atoms with E-state index in [1.807, 2.05) is 48.5 Å². The van der Waals surface area contributed by atoms with E-state index in [9.17, 15) is 13.2 Å². The number of methoxy groups -OCH3 is 1. The second kappa shape index (κ2) is 11.6. The fourth-order valence-electron chi connectivity index (χ4n) is 3.22. The minimum absolute atomic E-state index is 0.201. The lowest BCUT2D eigenvalue weighted by Gasteiger charge is -2.28. The maximum absolute atomic E-state index is 11.8. The fourth-order valence-corrected chi connectivity index (χ4v) is 4.42. The van der Waals surface area contributed by atoms with Gasteiger partial charge in [-0.3, -0.25) is 0 Å². The average Bonchev–Trinajstić information content (AvgIpc) is 2.81. The summed E-state index contributed by atoms with van der Waals surface area (Å²) in [4.78, 5) is 13.9. The summed E-state index contributed by atoms with van der Waals surface area (Å²) in [6, 6.07) is 15.1. The lowest BCUT2D eigenvalue weighted by atomic mass is 10.2. The van der Waals surface area contributed by atoms with E-state index in [2.05, 4.69) is 4.90 Å². The maximum atomic E-state index is 11.8. The third-order valence-electron chi connectivity index (χ3n) is 5.13. The first kappa shape index (κ1) is 23.7. The Morgan fingerprint density at radius 2 is 1.56 bits per heavy atom. The molecule has 1 aliphatic heterocycles. The normalized spacial score (nSPS) is 15.5. The summed E-state index contributed by atoms with van der Waals surface area (Å²) in [5, 5.41) is 0. The Morgan fingerprint density at radius 1 is 0.938 bits per heavy atom. The first-order chi connectivity index (χ1) is 15.4. The number of nitrogens with zero attached hydrogens (tertiary/aromatic N) is 1. The summed E-state index contributed by atoms with van der Waals surface area (Å²) in [6.07, 6.45) is 4.60. The monoisotopic (exact) mass is 459 g/mol. The predicted molar refractivity (Wildman–Crippen MR) is 125 cm³/mol. The standard InChI is InChI=1S/C24H29NO6S/c1-29-22-9-4-20(5-10-22)6-13-24(26)31-17-3-2-16-30-23-11-7-21(8-12-23)25-14-18-32(27,28)19-15-25/h4-13H,2-3,14-19H2,1H3. The van der Waals surface area contributed by atoms with Crippen LogP contribution >= 0.6 is 0 Å². The lowest BCUT2D eigenvalue weighted by molar-refractivity contribution is -0.137. The second-order valence-electron chi connectivity index (χ2n) is 7.46. The van der Waals surface area contributed by atoms with Gasteiger partial charge in [-0.05, 0) is 60.9 Å². The molecule has 0 aliphatic carbocycles. The summed E-state index contributed by atoms with van der Waals surface area (Å²) < 4.78 is 39.1. The van der Waals surface area contributed by atoms with Gasteiger partial charge in [0.1, 0.15) is 11.5 Å². The fraction of sp³-hybridized carbons (Fsp3) is 0.375. The van der Waals surface area contributed by atoms with E-state index >= 15 is 0 Å². The number of sulfone groups is 1. The summed E-state index contributed by atoms with van der Waals surface area (Å²) in [5.74, 6) is 1.56. The van der Waals surface area contributed by atoms with Gasteiger partial charge in [0, 0.05) is 24.9 Å². The third-order valence-corrected chi connectivity index (χ3v) is 6.73. The number of ether oxygens (including phenoxy) is 3. The number of esters is 1. The summed E-state index contributed by atoms with van der Waals surface area (Å²) in [7, 11) is -1.27. The van der Waals surface area contributed by atoms with E-state index in [0.717, 1.165) is 29.2 Å². The number of unbranched alkanes of at least 4 members (excludes halogenated alkanes) is 1. The molecule has 0 amide bonds. The minimum Gasteiger partial charge on any atom is -0.497 e. The van der Waals surface area contributed by atoms with Crippen LogP contribution in [0.5, 0.6) is 11.5 Å². The van der Waals surface area contributed by atoms with E-state index in [0.29, 0.717) is 32.7 Å². The zero-order chi connectivity index (χ0) is 22.8. The average molecular weight is 460 g/mol. The van der Waals surface area contributed by atoms with E-state index in [1.165, 1.54) is 6.08 Å². The van der Waals surface area contributed by atoms with Crippen molar-refractivity contribution < 1.29 is 27.4 Å². The molecule has 1 aliphatic rings. The molecule has 0 N–H and O–H groups in total. The number of hydrogen-bond acceptors (Lipinski definition) is 7. The van der Waals surface area contributed by atoms with Crippen molar-refractivity contribution in [3.8, 4) is 11.5 Å². The van der Waals surface area contributed by atoms with Gasteiger partial charge in [0.2, 0.25) is 0 Å². The number of hydrogen-bond donors (Lipinski definition) is 0. The van der Waals surface area contributed by atoms with Crippen molar-refractivity contribution >= 4 is 27.6 Å². The number of carbonyl (C=O) groups excluding carboxylic acids is 1. The molecule has 8 heteroatoms. The molecule has 7 nitrogen and oxygen atoms in total. The highest BCUT2D eigenvalue weighted by Crippen LogP contribution is 2.21.